The van der Waals surface area contributed by atoms with Gasteiger partial charge in [0.1, 0.15) is 5.54 Å². The number of benzene rings is 1. The van der Waals surface area contributed by atoms with Crippen molar-refractivity contribution >= 4 is 23.7 Å². The number of urea groups is 1. The molecule has 0 N–H and O–H groups in total. The Morgan fingerprint density at radius 2 is 1.71 bits per heavy atom. The zero-order valence-corrected chi connectivity index (χ0v) is 17.7. The molecule has 0 bridgehead atoms. The Bertz CT molecular complexity index is 746. The summed E-state index contributed by atoms with van der Waals surface area (Å²) in [7, 11) is 5.85. The number of hydrogen-bond acceptors (Lipinski definition) is 4. The molecule has 28 heavy (non-hydrogen) atoms. The third kappa shape index (κ3) is 3.65. The zero-order valence-electron chi connectivity index (χ0n) is 17.7. The van der Waals surface area contributed by atoms with E-state index in [0.29, 0.717) is 12.8 Å². The highest BCUT2D eigenvalue weighted by Crippen LogP contribution is 2.36. The molecule has 0 saturated carbocycles. The normalized spacial score (nSPS) is 20.2. The molecule has 0 atom stereocenters. The molecule has 2 saturated heterocycles. The predicted octanol–water partition coefficient (Wildman–Crippen LogP) is 2.90. The highest BCUT2D eigenvalue weighted by molar-refractivity contribution is 6.07. The summed E-state index contributed by atoms with van der Waals surface area (Å²) >= 11 is 0. The number of carbonyl (C=O) groups is 2. The summed E-state index contributed by atoms with van der Waals surface area (Å²) in [6, 6.07) is 8.22. The molecule has 1 spiro atoms. The van der Waals surface area contributed by atoms with Gasteiger partial charge in [0.2, 0.25) is 0 Å². The van der Waals surface area contributed by atoms with Gasteiger partial charge in [-0.1, -0.05) is 24.3 Å². The summed E-state index contributed by atoms with van der Waals surface area (Å²) in [5.74, 6) is -0.0221. The molecule has 0 unspecified atom stereocenters. The van der Waals surface area contributed by atoms with Gasteiger partial charge in [-0.3, -0.25) is 14.6 Å². The van der Waals surface area contributed by atoms with E-state index < -0.39 is 5.54 Å². The van der Waals surface area contributed by atoms with Crippen LogP contribution in [0.5, 0.6) is 0 Å². The fraction of sp³-hybridized carbons (Fsp3) is 0.545. The lowest BCUT2D eigenvalue weighted by Gasteiger charge is -2.40. The molecule has 6 nitrogen and oxygen atoms in total. The Balaban J connectivity index is 1.57. The monoisotopic (exact) mass is 384 g/mol. The van der Waals surface area contributed by atoms with Crippen LogP contribution in [0.2, 0.25) is 0 Å². The van der Waals surface area contributed by atoms with Crippen LogP contribution in [0, 0.1) is 0 Å². The van der Waals surface area contributed by atoms with E-state index in [1.165, 1.54) is 16.2 Å². The van der Waals surface area contributed by atoms with E-state index in [-0.39, 0.29) is 18.0 Å². The number of carbonyl (C=O) groups excluding carboxylic acids is 2. The SMILES string of the molecule is CC(C)N1C(=O)N(C)C2(CCN(C/C=C/c3ccc(N(C)C)cc3)CC2)C1=O. The number of amides is 3. The summed E-state index contributed by atoms with van der Waals surface area (Å²) in [6.45, 7) is 6.28. The molecule has 2 heterocycles. The van der Waals surface area contributed by atoms with Crippen LogP contribution in [0.1, 0.15) is 32.3 Å². The van der Waals surface area contributed by atoms with Crippen LogP contribution in [0.3, 0.4) is 0 Å². The Hall–Kier alpha value is -2.34. The molecule has 6 heteroatoms. The molecule has 2 aliphatic heterocycles. The first kappa shape index (κ1) is 20.4. The molecular formula is C22H32N4O2. The first-order chi connectivity index (χ1) is 13.3. The average Bonchev–Trinajstić information content (AvgIpc) is 2.85. The summed E-state index contributed by atoms with van der Waals surface area (Å²) in [6.07, 6.45) is 5.71. The quantitative estimate of drug-likeness (QED) is 0.733. The van der Waals surface area contributed by atoms with Crippen LogP contribution >= 0.6 is 0 Å². The van der Waals surface area contributed by atoms with Crippen molar-refractivity contribution in [1.82, 2.24) is 14.7 Å². The first-order valence-electron chi connectivity index (χ1n) is 10.0. The average molecular weight is 385 g/mol. The largest absolute Gasteiger partial charge is 0.378 e. The van der Waals surface area contributed by atoms with Crippen LogP contribution in [-0.4, -0.2) is 79.0 Å². The molecule has 0 aliphatic carbocycles. The molecular weight excluding hydrogens is 352 g/mol. The standard InChI is InChI=1S/C22H32N4O2/c1-17(2)26-20(27)22(24(5)21(26)28)12-15-25(16-13-22)14-6-7-18-8-10-19(11-9-18)23(3)4/h6-11,17H,12-16H2,1-5H3/b7-6+. The van der Waals surface area contributed by atoms with Gasteiger partial charge in [-0.15, -0.1) is 0 Å². The van der Waals surface area contributed by atoms with E-state index in [9.17, 15) is 9.59 Å². The first-order valence-corrected chi connectivity index (χ1v) is 10.0. The summed E-state index contributed by atoms with van der Waals surface area (Å²) in [5.41, 5.74) is 1.72. The maximum absolute atomic E-state index is 13.0. The van der Waals surface area contributed by atoms with Gasteiger partial charge in [-0.05, 0) is 44.4 Å². The third-order valence-corrected chi connectivity index (χ3v) is 6.03. The fourth-order valence-corrected chi connectivity index (χ4v) is 4.13. The van der Waals surface area contributed by atoms with Crippen LogP contribution < -0.4 is 4.90 Å². The van der Waals surface area contributed by atoms with Crippen molar-refractivity contribution in [1.29, 1.82) is 0 Å². The van der Waals surface area contributed by atoms with Gasteiger partial charge in [0, 0.05) is 52.5 Å². The van der Waals surface area contributed by atoms with Crippen molar-refractivity contribution in [3.05, 3.63) is 35.9 Å². The zero-order chi connectivity index (χ0) is 20.5. The molecule has 0 aromatic heterocycles. The van der Waals surface area contributed by atoms with E-state index in [4.69, 9.17) is 0 Å². The minimum atomic E-state index is -0.649. The van der Waals surface area contributed by atoms with E-state index in [1.807, 2.05) is 27.9 Å². The number of anilines is 1. The molecule has 3 rings (SSSR count). The molecule has 2 aliphatic rings. The topological polar surface area (TPSA) is 47.1 Å². The number of hydrogen-bond donors (Lipinski definition) is 0. The smallest absolute Gasteiger partial charge is 0.327 e. The van der Waals surface area contributed by atoms with Gasteiger partial charge < -0.3 is 9.80 Å². The Morgan fingerprint density at radius 3 is 2.21 bits per heavy atom. The van der Waals surface area contributed by atoms with Crippen molar-refractivity contribution < 1.29 is 9.59 Å². The second kappa shape index (κ2) is 7.95. The number of likely N-dealkylation sites (N-methyl/N-ethyl adjacent to an activating group) is 1. The van der Waals surface area contributed by atoms with Gasteiger partial charge in [-0.25, -0.2) is 4.79 Å². The highest BCUT2D eigenvalue weighted by Gasteiger charge is 2.56. The lowest BCUT2D eigenvalue weighted by atomic mass is 9.86. The second-order valence-corrected chi connectivity index (χ2v) is 8.33. The summed E-state index contributed by atoms with van der Waals surface area (Å²) in [5, 5.41) is 0. The van der Waals surface area contributed by atoms with Crippen molar-refractivity contribution in [2.75, 3.05) is 45.7 Å². The summed E-state index contributed by atoms with van der Waals surface area (Å²) in [4.78, 5) is 33.0. The number of imide groups is 1. The Labute approximate surface area is 168 Å². The third-order valence-electron chi connectivity index (χ3n) is 6.03. The predicted molar refractivity (Wildman–Crippen MR) is 113 cm³/mol. The lowest BCUT2D eigenvalue weighted by molar-refractivity contribution is -0.136. The second-order valence-electron chi connectivity index (χ2n) is 8.33. The Kier molecular flexibility index (Phi) is 5.79. The number of likely N-dealkylation sites (tertiary alicyclic amines) is 1. The molecule has 152 valence electrons. The minimum Gasteiger partial charge on any atom is -0.378 e. The molecule has 3 amide bonds. The minimum absolute atomic E-state index is 0.0221. The number of nitrogens with zero attached hydrogens (tertiary/aromatic N) is 4. The molecule has 1 aromatic rings. The van der Waals surface area contributed by atoms with Crippen LogP contribution in [0.15, 0.2) is 30.3 Å². The molecule has 2 fully saturated rings. The molecule has 1 aromatic carbocycles. The maximum Gasteiger partial charge on any atom is 0.327 e. The van der Waals surface area contributed by atoms with Crippen LogP contribution in [0.25, 0.3) is 6.08 Å². The van der Waals surface area contributed by atoms with E-state index in [1.54, 1.807) is 11.9 Å². The van der Waals surface area contributed by atoms with Crippen molar-refractivity contribution in [2.24, 2.45) is 0 Å². The van der Waals surface area contributed by atoms with E-state index >= 15 is 0 Å². The maximum atomic E-state index is 13.0. The van der Waals surface area contributed by atoms with Gasteiger partial charge >= 0.3 is 6.03 Å². The highest BCUT2D eigenvalue weighted by atomic mass is 16.2. The van der Waals surface area contributed by atoms with Gasteiger partial charge in [-0.2, -0.15) is 0 Å². The van der Waals surface area contributed by atoms with E-state index in [2.05, 4.69) is 46.2 Å². The van der Waals surface area contributed by atoms with Crippen molar-refractivity contribution in [3.8, 4) is 0 Å². The van der Waals surface area contributed by atoms with Crippen LogP contribution in [-0.2, 0) is 4.79 Å². The van der Waals surface area contributed by atoms with Crippen molar-refractivity contribution in [3.63, 3.8) is 0 Å². The lowest BCUT2D eigenvalue weighted by Crippen LogP contribution is -2.55. The van der Waals surface area contributed by atoms with Gasteiger partial charge in [0.05, 0.1) is 0 Å². The van der Waals surface area contributed by atoms with Crippen molar-refractivity contribution in [2.45, 2.75) is 38.3 Å². The van der Waals surface area contributed by atoms with Gasteiger partial charge in [0.15, 0.2) is 0 Å². The van der Waals surface area contributed by atoms with E-state index in [0.717, 1.165) is 19.6 Å². The number of rotatable bonds is 5. The number of piperidine rings is 1. The summed E-state index contributed by atoms with van der Waals surface area (Å²) < 4.78 is 0. The molecule has 0 radical (unpaired) electrons. The fourth-order valence-electron chi connectivity index (χ4n) is 4.13. The Morgan fingerprint density at radius 1 is 1.11 bits per heavy atom. The van der Waals surface area contributed by atoms with Crippen LogP contribution in [0.4, 0.5) is 10.5 Å². The van der Waals surface area contributed by atoms with Gasteiger partial charge in [0.25, 0.3) is 5.91 Å².